The fraction of sp³-hybridized carbons (Fsp3) is 0.438. The Morgan fingerprint density at radius 3 is 2.54 bits per heavy atom. The lowest BCUT2D eigenvalue weighted by molar-refractivity contribution is -0.120. The summed E-state index contributed by atoms with van der Waals surface area (Å²) in [5.74, 6) is 0.632. The summed E-state index contributed by atoms with van der Waals surface area (Å²) in [5, 5.41) is 2.84. The molecule has 0 spiro atoms. The Hall–Kier alpha value is -2.46. The molecule has 3 N–H and O–H groups in total. The zero-order valence-electron chi connectivity index (χ0n) is 14.7. The molecule has 2 aromatic rings. The highest BCUT2D eigenvalue weighted by molar-refractivity contribution is 7.89. The van der Waals surface area contributed by atoms with E-state index in [4.69, 9.17) is 5.73 Å². The summed E-state index contributed by atoms with van der Waals surface area (Å²) in [6, 6.07) is 3.29. The van der Waals surface area contributed by atoms with Gasteiger partial charge in [-0.25, -0.2) is 18.4 Å². The third kappa shape index (κ3) is 3.70. The minimum absolute atomic E-state index is 0.0494. The molecule has 0 unspecified atom stereocenters. The van der Waals surface area contributed by atoms with Crippen molar-refractivity contribution in [3.05, 3.63) is 30.4 Å². The lowest BCUT2D eigenvalue weighted by Crippen LogP contribution is -2.41. The first-order chi connectivity index (χ1) is 12.3. The molecule has 0 aromatic carbocycles. The van der Waals surface area contributed by atoms with Crippen LogP contribution in [0.15, 0.2) is 29.6 Å². The average Bonchev–Trinajstić information content (AvgIpc) is 2.97. The molecule has 1 aliphatic rings. The van der Waals surface area contributed by atoms with Crippen LogP contribution in [-0.2, 0) is 21.9 Å². The molecule has 1 fully saturated rings. The Kier molecular flexibility index (Phi) is 4.97. The molecule has 9 nitrogen and oxygen atoms in total. The molecule has 0 aliphatic carbocycles. The number of anilines is 2. The molecule has 0 atom stereocenters. The number of piperidine rings is 1. The lowest BCUT2D eigenvalue weighted by atomic mass is 9.97. The maximum atomic E-state index is 12.7. The van der Waals surface area contributed by atoms with Crippen molar-refractivity contribution in [2.45, 2.75) is 24.8 Å². The molecule has 3 heterocycles. The van der Waals surface area contributed by atoms with Crippen LogP contribution in [0.3, 0.4) is 0 Å². The molecule has 2 aromatic heterocycles. The van der Waals surface area contributed by atoms with Crippen molar-refractivity contribution in [3.8, 4) is 0 Å². The molecule has 3 rings (SSSR count). The molecule has 26 heavy (non-hydrogen) atoms. The van der Waals surface area contributed by atoms with E-state index in [-0.39, 0.29) is 29.9 Å². The van der Waals surface area contributed by atoms with Crippen LogP contribution in [0.1, 0.15) is 18.7 Å². The zero-order valence-corrected chi connectivity index (χ0v) is 15.5. The second-order valence-electron chi connectivity index (χ2n) is 6.38. The monoisotopic (exact) mass is 378 g/mol. The highest BCUT2D eigenvalue weighted by Gasteiger charge is 2.33. The van der Waals surface area contributed by atoms with Crippen LogP contribution in [0, 0.1) is 12.8 Å². The molecule has 1 aliphatic heterocycles. The van der Waals surface area contributed by atoms with Crippen LogP contribution >= 0.6 is 0 Å². The number of amides is 1. The van der Waals surface area contributed by atoms with Gasteiger partial charge in [0.1, 0.15) is 11.6 Å². The second-order valence-corrected chi connectivity index (χ2v) is 8.26. The first-order valence-corrected chi connectivity index (χ1v) is 9.74. The highest BCUT2D eigenvalue weighted by Crippen LogP contribution is 2.24. The van der Waals surface area contributed by atoms with Crippen molar-refractivity contribution in [2.24, 2.45) is 13.0 Å². The van der Waals surface area contributed by atoms with Crippen molar-refractivity contribution in [3.63, 3.8) is 0 Å². The Balaban J connectivity index is 1.61. The van der Waals surface area contributed by atoms with E-state index in [0.29, 0.717) is 30.2 Å². The van der Waals surface area contributed by atoms with Gasteiger partial charge in [-0.1, -0.05) is 0 Å². The van der Waals surface area contributed by atoms with Crippen molar-refractivity contribution >= 4 is 27.4 Å². The molecule has 140 valence electrons. The Morgan fingerprint density at radius 1 is 1.31 bits per heavy atom. The maximum absolute atomic E-state index is 12.7. The van der Waals surface area contributed by atoms with Gasteiger partial charge in [-0.15, -0.1) is 0 Å². The van der Waals surface area contributed by atoms with Gasteiger partial charge >= 0.3 is 0 Å². The zero-order chi connectivity index (χ0) is 18.9. The predicted octanol–water partition coefficient (Wildman–Crippen LogP) is 0.745. The van der Waals surface area contributed by atoms with Gasteiger partial charge in [0.2, 0.25) is 5.91 Å². The fourth-order valence-electron chi connectivity index (χ4n) is 2.86. The largest absolute Gasteiger partial charge is 0.384 e. The number of carbonyl (C=O) groups excluding carboxylic acids is 1. The molecule has 10 heteroatoms. The lowest BCUT2D eigenvalue weighted by Gasteiger charge is -2.29. The van der Waals surface area contributed by atoms with Crippen LogP contribution in [0.25, 0.3) is 0 Å². The van der Waals surface area contributed by atoms with Crippen LogP contribution in [0.4, 0.5) is 11.5 Å². The van der Waals surface area contributed by atoms with Crippen molar-refractivity contribution in [2.75, 3.05) is 24.1 Å². The number of sulfonamides is 1. The maximum Gasteiger partial charge on any atom is 0.262 e. The number of pyridine rings is 1. The number of hydrogen-bond acceptors (Lipinski definition) is 6. The summed E-state index contributed by atoms with van der Waals surface area (Å²) in [6.45, 7) is 2.33. The van der Waals surface area contributed by atoms with Gasteiger partial charge in [0, 0.05) is 32.3 Å². The number of nitrogens with zero attached hydrogens (tertiary/aromatic N) is 4. The average molecular weight is 378 g/mol. The summed E-state index contributed by atoms with van der Waals surface area (Å²) < 4.78 is 28.4. The Labute approximate surface area is 152 Å². The summed E-state index contributed by atoms with van der Waals surface area (Å²) >= 11 is 0. The molecular weight excluding hydrogens is 356 g/mol. The van der Waals surface area contributed by atoms with E-state index in [1.807, 2.05) is 0 Å². The van der Waals surface area contributed by atoms with Crippen molar-refractivity contribution in [1.82, 2.24) is 18.8 Å². The second kappa shape index (κ2) is 7.04. The van der Waals surface area contributed by atoms with E-state index < -0.39 is 10.0 Å². The number of imidazole rings is 1. The third-order valence-corrected chi connectivity index (χ3v) is 6.34. The van der Waals surface area contributed by atoms with E-state index >= 15 is 0 Å². The van der Waals surface area contributed by atoms with Crippen LogP contribution in [-0.4, -0.2) is 46.3 Å². The van der Waals surface area contributed by atoms with Crippen LogP contribution < -0.4 is 11.1 Å². The molecule has 0 saturated carbocycles. The number of carbonyl (C=O) groups is 1. The van der Waals surface area contributed by atoms with E-state index in [9.17, 15) is 13.2 Å². The molecular formula is C16H22N6O3S. The van der Waals surface area contributed by atoms with E-state index in [1.54, 1.807) is 30.7 Å². The number of rotatable bonds is 4. The smallest absolute Gasteiger partial charge is 0.262 e. The van der Waals surface area contributed by atoms with Gasteiger partial charge in [-0.05, 0) is 31.9 Å². The van der Waals surface area contributed by atoms with Crippen molar-refractivity contribution in [1.29, 1.82) is 0 Å². The van der Waals surface area contributed by atoms with Gasteiger partial charge in [0.15, 0.2) is 5.03 Å². The predicted molar refractivity (Wildman–Crippen MR) is 96.7 cm³/mol. The first kappa shape index (κ1) is 18.3. The Morgan fingerprint density at radius 2 is 2.00 bits per heavy atom. The van der Waals surface area contributed by atoms with E-state index in [0.717, 1.165) is 0 Å². The first-order valence-electron chi connectivity index (χ1n) is 8.30. The van der Waals surface area contributed by atoms with Gasteiger partial charge in [0.25, 0.3) is 10.0 Å². The third-order valence-electron chi connectivity index (χ3n) is 4.57. The van der Waals surface area contributed by atoms with Gasteiger partial charge in [0.05, 0.1) is 11.9 Å². The highest BCUT2D eigenvalue weighted by atomic mass is 32.2. The van der Waals surface area contributed by atoms with Crippen LogP contribution in [0.5, 0.6) is 0 Å². The minimum atomic E-state index is -3.63. The van der Waals surface area contributed by atoms with Gasteiger partial charge in [-0.3, -0.25) is 4.79 Å². The summed E-state index contributed by atoms with van der Waals surface area (Å²) in [7, 11) is -1.88. The van der Waals surface area contributed by atoms with Crippen LogP contribution in [0.2, 0.25) is 0 Å². The van der Waals surface area contributed by atoms with Gasteiger partial charge in [-0.2, -0.15) is 4.31 Å². The number of aromatic nitrogens is 3. The quantitative estimate of drug-likeness (QED) is 0.809. The summed E-state index contributed by atoms with van der Waals surface area (Å²) in [5.41, 5.74) is 6.09. The molecule has 0 bridgehead atoms. The number of nitrogen functional groups attached to an aromatic ring is 1. The van der Waals surface area contributed by atoms with Gasteiger partial charge < -0.3 is 15.6 Å². The number of nitrogens with one attached hydrogen (secondary N) is 1. The molecule has 1 saturated heterocycles. The standard InChI is InChI=1S/C16H22N6O3S/c1-11-19-15(10-21(11)2)26(24,25)22-7-5-12(6-8-22)16(23)20-13-3-4-14(17)18-9-13/h3-4,9-10,12H,5-8H2,1-2H3,(H2,17,18)(H,20,23). The van der Waals surface area contributed by atoms with E-state index in [2.05, 4.69) is 15.3 Å². The fourth-order valence-corrected chi connectivity index (χ4v) is 4.36. The number of aryl methyl sites for hydroxylation is 2. The number of hydrogen-bond donors (Lipinski definition) is 2. The number of nitrogens with two attached hydrogens (primary N) is 1. The molecule has 0 radical (unpaired) electrons. The van der Waals surface area contributed by atoms with E-state index in [1.165, 1.54) is 16.7 Å². The Bertz CT molecular complexity index is 879. The summed E-state index contributed by atoms with van der Waals surface area (Å²) in [6.07, 6.45) is 3.92. The SMILES string of the molecule is Cc1nc(S(=O)(=O)N2CCC(C(=O)Nc3ccc(N)nc3)CC2)cn1C. The topological polar surface area (TPSA) is 123 Å². The van der Waals surface area contributed by atoms with Crippen molar-refractivity contribution < 1.29 is 13.2 Å². The summed E-state index contributed by atoms with van der Waals surface area (Å²) in [4.78, 5) is 20.4. The minimum Gasteiger partial charge on any atom is -0.384 e. The normalized spacial score (nSPS) is 16.5. The molecule has 1 amide bonds.